The molecule has 2 aliphatic rings. The molecule has 15 heavy (non-hydrogen) atoms. The largest absolute Gasteiger partial charge is 0.359 e. The molecule has 3 unspecified atom stereocenters. The van der Waals surface area contributed by atoms with E-state index in [2.05, 4.69) is 31.4 Å². The topological polar surface area (TPSA) is 33.3 Å². The lowest BCUT2D eigenvalue weighted by atomic mass is 9.94. The third-order valence-electron chi connectivity index (χ3n) is 3.88. The molecule has 0 aromatic heterocycles. The van der Waals surface area contributed by atoms with Crippen LogP contribution in [0.4, 0.5) is 0 Å². The van der Waals surface area contributed by atoms with Crippen molar-refractivity contribution < 1.29 is 4.74 Å². The van der Waals surface area contributed by atoms with Crippen molar-refractivity contribution >= 4 is 0 Å². The number of rotatable bonds is 4. The van der Waals surface area contributed by atoms with Gasteiger partial charge < -0.3 is 10.1 Å². The highest BCUT2D eigenvalue weighted by Gasteiger charge is 2.63. The van der Waals surface area contributed by atoms with E-state index in [1.165, 1.54) is 12.8 Å². The Morgan fingerprint density at radius 1 is 1.40 bits per heavy atom. The maximum atomic E-state index is 6.00. The fraction of sp³-hybridized carbons (Fsp3) is 1.00. The summed E-state index contributed by atoms with van der Waals surface area (Å²) in [5.41, 5.74) is 0.437. The van der Waals surface area contributed by atoms with Gasteiger partial charge in [0.1, 0.15) is 6.23 Å². The van der Waals surface area contributed by atoms with Crippen molar-refractivity contribution in [3.05, 3.63) is 0 Å². The van der Waals surface area contributed by atoms with Crippen LogP contribution in [-0.4, -0.2) is 31.5 Å². The van der Waals surface area contributed by atoms with E-state index in [1.54, 1.807) is 0 Å². The molecule has 2 rings (SSSR count). The molecule has 0 aromatic carbocycles. The molecule has 1 heterocycles. The lowest BCUT2D eigenvalue weighted by Crippen LogP contribution is -2.32. The Labute approximate surface area is 93.0 Å². The van der Waals surface area contributed by atoms with Crippen LogP contribution in [0.15, 0.2) is 0 Å². The Bertz CT molecular complexity index is 232. The van der Waals surface area contributed by atoms with Gasteiger partial charge in [0.05, 0.1) is 6.10 Å². The summed E-state index contributed by atoms with van der Waals surface area (Å²) in [6.07, 6.45) is 4.32. The molecule has 1 aliphatic heterocycles. The summed E-state index contributed by atoms with van der Waals surface area (Å²) >= 11 is 0. The molecule has 0 radical (unpaired) electrons. The Kier molecular flexibility index (Phi) is 3.06. The van der Waals surface area contributed by atoms with Gasteiger partial charge >= 0.3 is 0 Å². The molecule has 2 N–H and O–H groups in total. The van der Waals surface area contributed by atoms with E-state index >= 15 is 0 Å². The van der Waals surface area contributed by atoms with Crippen molar-refractivity contribution in [1.29, 1.82) is 0 Å². The van der Waals surface area contributed by atoms with Crippen molar-refractivity contribution in [2.75, 3.05) is 7.05 Å². The standard InChI is InChI=1S/C12H24N2O/c1-5-10-12(7-11(13-4)15-10)6-9(12)14-8(2)3/h8-11,13-14H,5-7H2,1-4H3/t9?,10?,11-,12?/m1/s1. The van der Waals surface area contributed by atoms with Gasteiger partial charge in [-0.25, -0.2) is 0 Å². The molecular formula is C12H24N2O. The van der Waals surface area contributed by atoms with Crippen LogP contribution >= 0.6 is 0 Å². The highest BCUT2D eigenvalue weighted by atomic mass is 16.5. The zero-order valence-electron chi connectivity index (χ0n) is 10.3. The summed E-state index contributed by atoms with van der Waals surface area (Å²) in [5, 5.41) is 6.90. The summed E-state index contributed by atoms with van der Waals surface area (Å²) in [5.74, 6) is 0. The monoisotopic (exact) mass is 212 g/mol. The van der Waals surface area contributed by atoms with Crippen molar-refractivity contribution in [2.24, 2.45) is 5.41 Å². The predicted molar refractivity (Wildman–Crippen MR) is 61.7 cm³/mol. The highest BCUT2D eigenvalue weighted by molar-refractivity contribution is 5.15. The summed E-state index contributed by atoms with van der Waals surface area (Å²) in [6, 6.07) is 1.27. The van der Waals surface area contributed by atoms with E-state index in [-0.39, 0.29) is 6.23 Å². The molecule has 0 bridgehead atoms. The van der Waals surface area contributed by atoms with Crippen LogP contribution in [0.3, 0.4) is 0 Å². The van der Waals surface area contributed by atoms with E-state index in [0.29, 0.717) is 23.6 Å². The summed E-state index contributed by atoms with van der Waals surface area (Å²) in [7, 11) is 1.99. The molecule has 1 saturated heterocycles. The fourth-order valence-corrected chi connectivity index (χ4v) is 3.06. The van der Waals surface area contributed by atoms with E-state index in [9.17, 15) is 0 Å². The predicted octanol–water partition coefficient (Wildman–Crippen LogP) is 1.49. The number of ether oxygens (including phenoxy) is 1. The van der Waals surface area contributed by atoms with Gasteiger partial charge in [0, 0.05) is 17.5 Å². The van der Waals surface area contributed by atoms with Crippen LogP contribution < -0.4 is 10.6 Å². The second-order valence-electron chi connectivity index (χ2n) is 5.33. The number of nitrogens with one attached hydrogen (secondary N) is 2. The second kappa shape index (κ2) is 4.04. The number of hydrogen-bond acceptors (Lipinski definition) is 3. The summed E-state index contributed by atoms with van der Waals surface area (Å²) in [4.78, 5) is 0. The van der Waals surface area contributed by atoms with Crippen LogP contribution in [-0.2, 0) is 4.74 Å². The minimum atomic E-state index is 0.272. The molecule has 3 heteroatoms. The molecule has 0 aromatic rings. The van der Waals surface area contributed by atoms with E-state index in [0.717, 1.165) is 6.42 Å². The maximum absolute atomic E-state index is 6.00. The lowest BCUT2D eigenvalue weighted by Gasteiger charge is -2.18. The van der Waals surface area contributed by atoms with Crippen LogP contribution in [0.5, 0.6) is 0 Å². The minimum Gasteiger partial charge on any atom is -0.359 e. The first-order valence-electron chi connectivity index (χ1n) is 6.21. The van der Waals surface area contributed by atoms with Crippen LogP contribution in [0.25, 0.3) is 0 Å². The summed E-state index contributed by atoms with van der Waals surface area (Å²) < 4.78 is 6.00. The normalized spacial score (nSPS) is 44.2. The molecule has 1 saturated carbocycles. The van der Waals surface area contributed by atoms with Crippen LogP contribution in [0, 0.1) is 5.41 Å². The van der Waals surface area contributed by atoms with Gasteiger partial charge in [-0.2, -0.15) is 0 Å². The first-order chi connectivity index (χ1) is 7.12. The first kappa shape index (κ1) is 11.4. The Morgan fingerprint density at radius 3 is 2.67 bits per heavy atom. The molecular weight excluding hydrogens is 188 g/mol. The van der Waals surface area contributed by atoms with Gasteiger partial charge in [-0.1, -0.05) is 20.8 Å². The SMILES string of the molecule is CCC1O[C@@H](NC)CC12CC2NC(C)C. The van der Waals surface area contributed by atoms with Crippen LogP contribution in [0.2, 0.25) is 0 Å². The van der Waals surface area contributed by atoms with Crippen molar-refractivity contribution in [3.8, 4) is 0 Å². The van der Waals surface area contributed by atoms with Gasteiger partial charge in [-0.05, 0) is 26.3 Å². The molecule has 3 nitrogen and oxygen atoms in total. The quantitative estimate of drug-likeness (QED) is 0.740. The van der Waals surface area contributed by atoms with Crippen molar-refractivity contribution in [3.63, 3.8) is 0 Å². The third-order valence-corrected chi connectivity index (χ3v) is 3.88. The molecule has 1 spiro atoms. The third kappa shape index (κ3) is 1.93. The average Bonchev–Trinajstić information content (AvgIpc) is 2.72. The Morgan fingerprint density at radius 2 is 2.13 bits per heavy atom. The molecule has 4 atom stereocenters. The number of hydrogen-bond donors (Lipinski definition) is 2. The van der Waals surface area contributed by atoms with E-state index in [4.69, 9.17) is 4.74 Å². The van der Waals surface area contributed by atoms with E-state index < -0.39 is 0 Å². The minimum absolute atomic E-state index is 0.272. The zero-order chi connectivity index (χ0) is 11.1. The summed E-state index contributed by atoms with van der Waals surface area (Å²) in [6.45, 7) is 6.67. The van der Waals surface area contributed by atoms with Gasteiger partial charge in [0.25, 0.3) is 0 Å². The maximum Gasteiger partial charge on any atom is 0.108 e. The van der Waals surface area contributed by atoms with Gasteiger partial charge in [0.15, 0.2) is 0 Å². The molecule has 1 aliphatic carbocycles. The molecule has 88 valence electrons. The zero-order valence-corrected chi connectivity index (χ0v) is 10.3. The van der Waals surface area contributed by atoms with Gasteiger partial charge in [-0.15, -0.1) is 0 Å². The fourth-order valence-electron chi connectivity index (χ4n) is 3.06. The second-order valence-corrected chi connectivity index (χ2v) is 5.33. The Balaban J connectivity index is 1.97. The van der Waals surface area contributed by atoms with Gasteiger partial charge in [0.2, 0.25) is 0 Å². The van der Waals surface area contributed by atoms with Gasteiger partial charge in [-0.3, -0.25) is 5.32 Å². The highest BCUT2D eigenvalue weighted by Crippen LogP contribution is 2.58. The van der Waals surface area contributed by atoms with Crippen LogP contribution in [0.1, 0.15) is 40.0 Å². The lowest BCUT2D eigenvalue weighted by molar-refractivity contribution is 0.0151. The Hall–Kier alpha value is -0.120. The molecule has 2 fully saturated rings. The van der Waals surface area contributed by atoms with Crippen molar-refractivity contribution in [1.82, 2.24) is 10.6 Å². The first-order valence-corrected chi connectivity index (χ1v) is 6.21. The van der Waals surface area contributed by atoms with Crippen molar-refractivity contribution in [2.45, 2.75) is 64.4 Å². The van der Waals surface area contributed by atoms with E-state index in [1.807, 2.05) is 7.05 Å². The average molecular weight is 212 g/mol. The molecule has 0 amide bonds. The smallest absolute Gasteiger partial charge is 0.108 e.